The van der Waals surface area contributed by atoms with Gasteiger partial charge in [-0.1, -0.05) is 73.7 Å². The van der Waals surface area contributed by atoms with Crippen LogP contribution in [0.3, 0.4) is 0 Å². The molecule has 0 saturated heterocycles. The van der Waals surface area contributed by atoms with Crippen LogP contribution in [0.15, 0.2) is 89.7 Å². The van der Waals surface area contributed by atoms with E-state index in [0.717, 1.165) is 34.3 Å². The van der Waals surface area contributed by atoms with E-state index < -0.39 is 0 Å². The molecule has 0 aliphatic heterocycles. The molecule has 0 aliphatic carbocycles. The Balaban J connectivity index is 1.44. The van der Waals surface area contributed by atoms with Crippen LogP contribution in [-0.2, 0) is 32.6 Å². The molecule has 3 aromatic carbocycles. The second kappa shape index (κ2) is 10.4. The van der Waals surface area contributed by atoms with Gasteiger partial charge in [-0.15, -0.1) is 5.10 Å². The van der Waals surface area contributed by atoms with E-state index in [2.05, 4.69) is 68.7 Å². The van der Waals surface area contributed by atoms with E-state index >= 15 is 0 Å². The highest BCUT2D eigenvalue weighted by atomic mass is 16.1. The second-order valence-electron chi connectivity index (χ2n) is 8.77. The molecule has 0 fully saturated rings. The number of fused-ring (bicyclic) bond motifs is 1. The molecular weight excluding hydrogens is 436 g/mol. The molecule has 5 aromatic rings. The summed E-state index contributed by atoms with van der Waals surface area (Å²) in [6.07, 6.45) is 0.953. The van der Waals surface area contributed by atoms with Crippen LogP contribution in [0, 0.1) is 0 Å². The van der Waals surface area contributed by atoms with E-state index in [1.165, 1.54) is 11.1 Å². The number of benzene rings is 3. The third kappa shape index (κ3) is 5.53. The first-order valence-corrected chi connectivity index (χ1v) is 11.9. The van der Waals surface area contributed by atoms with E-state index in [1.807, 2.05) is 53.2 Å². The number of hydrogen-bond acceptors (Lipinski definition) is 5. The fourth-order valence-electron chi connectivity index (χ4n) is 4.30. The number of H-pyrrole nitrogens is 1. The van der Waals surface area contributed by atoms with Gasteiger partial charge in [0.1, 0.15) is 0 Å². The van der Waals surface area contributed by atoms with Crippen molar-refractivity contribution >= 4 is 10.9 Å². The maximum atomic E-state index is 13.0. The molecule has 0 bridgehead atoms. The highest BCUT2D eigenvalue weighted by Gasteiger charge is 2.16. The van der Waals surface area contributed by atoms with Crippen LogP contribution >= 0.6 is 0 Å². The van der Waals surface area contributed by atoms with Gasteiger partial charge in [-0.05, 0) is 57.1 Å². The van der Waals surface area contributed by atoms with Crippen LogP contribution in [0.1, 0.15) is 35.0 Å². The van der Waals surface area contributed by atoms with E-state index in [9.17, 15) is 4.79 Å². The molecule has 0 saturated carbocycles. The molecule has 2 aromatic heterocycles. The zero-order valence-corrected chi connectivity index (χ0v) is 19.8. The normalized spacial score (nSPS) is 11.4. The van der Waals surface area contributed by atoms with E-state index in [4.69, 9.17) is 0 Å². The second-order valence-corrected chi connectivity index (χ2v) is 8.77. The van der Waals surface area contributed by atoms with Crippen molar-refractivity contribution < 1.29 is 0 Å². The highest BCUT2D eigenvalue weighted by molar-refractivity contribution is 5.79. The predicted octanol–water partition coefficient (Wildman–Crippen LogP) is 4.33. The van der Waals surface area contributed by atoms with Gasteiger partial charge in [0, 0.05) is 24.2 Å². The molecule has 2 heterocycles. The van der Waals surface area contributed by atoms with Crippen LogP contribution in [0.5, 0.6) is 0 Å². The van der Waals surface area contributed by atoms with Crippen LogP contribution < -0.4 is 5.56 Å². The number of hydrogen-bond donors (Lipinski definition) is 1. The summed E-state index contributed by atoms with van der Waals surface area (Å²) in [5, 5.41) is 13.5. The summed E-state index contributed by atoms with van der Waals surface area (Å²) >= 11 is 0. The minimum atomic E-state index is -0.0660. The molecule has 0 amide bonds. The zero-order chi connectivity index (χ0) is 24.0. The van der Waals surface area contributed by atoms with Crippen molar-refractivity contribution in [2.45, 2.75) is 39.5 Å². The number of aryl methyl sites for hydroxylation is 1. The number of aromatic amines is 1. The maximum absolute atomic E-state index is 13.0. The Morgan fingerprint density at radius 3 is 2.31 bits per heavy atom. The summed E-state index contributed by atoms with van der Waals surface area (Å²) in [5.41, 5.74) is 5.06. The van der Waals surface area contributed by atoms with Gasteiger partial charge in [0.25, 0.3) is 5.56 Å². The molecule has 35 heavy (non-hydrogen) atoms. The summed E-state index contributed by atoms with van der Waals surface area (Å²) in [6, 6.07) is 28.6. The van der Waals surface area contributed by atoms with Gasteiger partial charge < -0.3 is 4.98 Å². The number of tetrazole rings is 1. The average molecular weight is 465 g/mol. The van der Waals surface area contributed by atoms with Crippen molar-refractivity contribution in [1.82, 2.24) is 30.1 Å². The number of pyridine rings is 1. The van der Waals surface area contributed by atoms with Crippen LogP contribution in [0.4, 0.5) is 0 Å². The molecule has 7 nitrogen and oxygen atoms in total. The lowest BCUT2D eigenvalue weighted by Gasteiger charge is -2.22. The van der Waals surface area contributed by atoms with E-state index in [1.54, 1.807) is 0 Å². The first kappa shape index (κ1) is 22.7. The quantitative estimate of drug-likeness (QED) is 0.351. The van der Waals surface area contributed by atoms with Crippen LogP contribution in [0.25, 0.3) is 10.9 Å². The standard InChI is InChI=1S/C28H28N6O/c1-2-21-13-14-26-24(15-21)16-25(28(35)29-26)19-33(17-22-9-5-3-6-10-22)20-27-30-31-32-34(27)18-23-11-7-4-8-12-23/h3-16H,2,17-20H2,1H3,(H,29,35). The molecule has 0 radical (unpaired) electrons. The maximum Gasteiger partial charge on any atom is 0.252 e. The first-order chi connectivity index (χ1) is 17.2. The third-order valence-corrected chi connectivity index (χ3v) is 6.18. The molecule has 0 atom stereocenters. The van der Waals surface area contributed by atoms with Crippen molar-refractivity contribution in [2.24, 2.45) is 0 Å². The number of nitrogens with zero attached hydrogens (tertiary/aromatic N) is 5. The fourth-order valence-corrected chi connectivity index (χ4v) is 4.30. The van der Waals surface area contributed by atoms with Crippen LogP contribution in [0.2, 0.25) is 0 Å². The lowest BCUT2D eigenvalue weighted by Crippen LogP contribution is -2.28. The summed E-state index contributed by atoms with van der Waals surface area (Å²) in [4.78, 5) is 18.2. The Hall–Kier alpha value is -4.10. The van der Waals surface area contributed by atoms with Gasteiger partial charge in [0.2, 0.25) is 0 Å². The van der Waals surface area contributed by atoms with E-state index in [-0.39, 0.29) is 5.56 Å². The van der Waals surface area contributed by atoms with Gasteiger partial charge in [0.05, 0.1) is 13.1 Å². The Bertz CT molecular complexity index is 1460. The Labute approximate surface area is 204 Å². The van der Waals surface area contributed by atoms with Crippen molar-refractivity contribution in [3.8, 4) is 0 Å². The largest absolute Gasteiger partial charge is 0.322 e. The molecule has 5 rings (SSSR count). The van der Waals surface area contributed by atoms with Gasteiger partial charge in [0.15, 0.2) is 5.82 Å². The van der Waals surface area contributed by atoms with Crippen LogP contribution in [-0.4, -0.2) is 30.1 Å². The SMILES string of the molecule is CCc1ccc2[nH]c(=O)c(CN(Cc3ccccc3)Cc3nnnn3Cc3ccccc3)cc2c1. The minimum Gasteiger partial charge on any atom is -0.322 e. The molecule has 7 heteroatoms. The summed E-state index contributed by atoms with van der Waals surface area (Å²) in [7, 11) is 0. The summed E-state index contributed by atoms with van der Waals surface area (Å²) in [5.74, 6) is 0.760. The van der Waals surface area contributed by atoms with Crippen molar-refractivity contribution in [2.75, 3.05) is 0 Å². The Kier molecular flexibility index (Phi) is 6.77. The predicted molar refractivity (Wildman–Crippen MR) is 137 cm³/mol. The summed E-state index contributed by atoms with van der Waals surface area (Å²) in [6.45, 7) is 4.40. The Morgan fingerprint density at radius 2 is 1.57 bits per heavy atom. The lowest BCUT2D eigenvalue weighted by atomic mass is 10.1. The number of nitrogens with one attached hydrogen (secondary N) is 1. The first-order valence-electron chi connectivity index (χ1n) is 11.9. The van der Waals surface area contributed by atoms with Crippen molar-refractivity contribution in [3.05, 3.63) is 123 Å². The van der Waals surface area contributed by atoms with Crippen molar-refractivity contribution in [1.29, 1.82) is 0 Å². The average Bonchev–Trinajstić information content (AvgIpc) is 3.31. The van der Waals surface area contributed by atoms with Gasteiger partial charge in [-0.25, -0.2) is 4.68 Å². The minimum absolute atomic E-state index is 0.0660. The molecular formula is C28H28N6O. The topological polar surface area (TPSA) is 79.7 Å². The molecule has 176 valence electrons. The monoisotopic (exact) mass is 464 g/mol. The zero-order valence-electron chi connectivity index (χ0n) is 19.8. The van der Waals surface area contributed by atoms with Gasteiger partial charge in [-0.3, -0.25) is 9.69 Å². The smallest absolute Gasteiger partial charge is 0.252 e. The van der Waals surface area contributed by atoms with Gasteiger partial charge >= 0.3 is 0 Å². The fraction of sp³-hybridized carbons (Fsp3) is 0.214. The van der Waals surface area contributed by atoms with E-state index in [0.29, 0.717) is 26.2 Å². The lowest BCUT2D eigenvalue weighted by molar-refractivity contribution is 0.236. The summed E-state index contributed by atoms with van der Waals surface area (Å²) < 4.78 is 1.82. The Morgan fingerprint density at radius 1 is 0.829 bits per heavy atom. The molecule has 0 spiro atoms. The van der Waals surface area contributed by atoms with Crippen molar-refractivity contribution in [3.63, 3.8) is 0 Å². The molecule has 0 aliphatic rings. The van der Waals surface area contributed by atoms with Gasteiger partial charge in [-0.2, -0.15) is 0 Å². The molecule has 1 N–H and O–H groups in total. The number of aromatic nitrogens is 5. The molecule has 0 unspecified atom stereocenters. The highest BCUT2D eigenvalue weighted by Crippen LogP contribution is 2.17. The third-order valence-electron chi connectivity index (χ3n) is 6.18. The number of rotatable bonds is 9.